The highest BCUT2D eigenvalue weighted by atomic mass is 32.1. The zero-order chi connectivity index (χ0) is 11.7. The van der Waals surface area contributed by atoms with Crippen LogP contribution in [-0.2, 0) is 19.5 Å². The molecule has 0 fully saturated rings. The Balaban J connectivity index is 1.77. The summed E-state index contributed by atoms with van der Waals surface area (Å²) in [5.41, 5.74) is 12.7. The number of aromatic nitrogens is 1. The standard InChI is InChI=1S/C13H15N3S/c14-13-3-1-2-10-6-16(5-4-12(10)13)7-11-8-17-9-15-11/h1-3,8-9H,4-7,14H2. The molecule has 0 saturated heterocycles. The van der Waals surface area contributed by atoms with Crippen LogP contribution in [0.1, 0.15) is 16.8 Å². The number of hydrogen-bond acceptors (Lipinski definition) is 4. The molecule has 1 aliphatic heterocycles. The number of thiazole rings is 1. The molecule has 0 amide bonds. The molecular weight excluding hydrogens is 230 g/mol. The Morgan fingerprint density at radius 2 is 2.35 bits per heavy atom. The fourth-order valence-corrected chi connectivity index (χ4v) is 2.93. The minimum Gasteiger partial charge on any atom is -0.398 e. The maximum atomic E-state index is 5.99. The number of rotatable bonds is 2. The molecular formula is C13H15N3S. The number of hydrogen-bond donors (Lipinski definition) is 1. The summed E-state index contributed by atoms with van der Waals surface area (Å²) in [4.78, 5) is 6.76. The third-order valence-electron chi connectivity index (χ3n) is 3.25. The lowest BCUT2D eigenvalue weighted by Crippen LogP contribution is -2.30. The van der Waals surface area contributed by atoms with E-state index in [0.29, 0.717) is 0 Å². The van der Waals surface area contributed by atoms with E-state index in [-0.39, 0.29) is 0 Å². The molecule has 0 spiro atoms. The molecule has 0 bridgehead atoms. The third-order valence-corrected chi connectivity index (χ3v) is 3.89. The van der Waals surface area contributed by atoms with Gasteiger partial charge >= 0.3 is 0 Å². The molecule has 0 unspecified atom stereocenters. The molecule has 1 aromatic heterocycles. The lowest BCUT2D eigenvalue weighted by atomic mass is 9.98. The summed E-state index contributed by atoms with van der Waals surface area (Å²) in [6, 6.07) is 6.22. The van der Waals surface area contributed by atoms with Gasteiger partial charge in [-0.05, 0) is 23.6 Å². The van der Waals surface area contributed by atoms with Crippen molar-refractivity contribution in [1.82, 2.24) is 9.88 Å². The van der Waals surface area contributed by atoms with Crippen LogP contribution < -0.4 is 5.73 Å². The Kier molecular flexibility index (Phi) is 2.82. The summed E-state index contributed by atoms with van der Waals surface area (Å²) in [6.07, 6.45) is 1.05. The highest BCUT2D eigenvalue weighted by molar-refractivity contribution is 7.07. The van der Waals surface area contributed by atoms with E-state index in [1.807, 2.05) is 17.6 Å². The number of nitrogen functional groups attached to an aromatic ring is 1. The van der Waals surface area contributed by atoms with E-state index in [4.69, 9.17) is 5.73 Å². The Morgan fingerprint density at radius 3 is 3.18 bits per heavy atom. The molecule has 0 radical (unpaired) electrons. The number of fused-ring (bicyclic) bond motifs is 1. The molecule has 3 nitrogen and oxygen atoms in total. The van der Waals surface area contributed by atoms with Crippen LogP contribution in [0.5, 0.6) is 0 Å². The summed E-state index contributed by atoms with van der Waals surface area (Å²) in [6.45, 7) is 2.99. The van der Waals surface area contributed by atoms with Crippen LogP contribution in [0.25, 0.3) is 0 Å². The van der Waals surface area contributed by atoms with Crippen molar-refractivity contribution in [3.63, 3.8) is 0 Å². The molecule has 88 valence electrons. The van der Waals surface area contributed by atoms with Crippen molar-refractivity contribution in [2.75, 3.05) is 12.3 Å². The monoisotopic (exact) mass is 245 g/mol. The van der Waals surface area contributed by atoms with Gasteiger partial charge in [0.05, 0.1) is 11.2 Å². The summed E-state index contributed by atoms with van der Waals surface area (Å²) in [5.74, 6) is 0. The fourth-order valence-electron chi connectivity index (χ4n) is 2.38. The SMILES string of the molecule is Nc1cccc2c1CCN(Cc1cscn1)C2. The van der Waals surface area contributed by atoms with Gasteiger partial charge in [-0.1, -0.05) is 12.1 Å². The molecule has 3 rings (SSSR count). The summed E-state index contributed by atoms with van der Waals surface area (Å²) in [5, 5.41) is 2.12. The van der Waals surface area contributed by atoms with Crippen LogP contribution in [0.4, 0.5) is 5.69 Å². The van der Waals surface area contributed by atoms with E-state index in [0.717, 1.165) is 31.7 Å². The van der Waals surface area contributed by atoms with Crippen molar-refractivity contribution in [3.05, 3.63) is 45.9 Å². The predicted molar refractivity (Wildman–Crippen MR) is 70.8 cm³/mol. The molecule has 0 aliphatic carbocycles. The minimum atomic E-state index is 0.941. The first kappa shape index (κ1) is 10.7. The van der Waals surface area contributed by atoms with Gasteiger partial charge in [-0.25, -0.2) is 4.98 Å². The zero-order valence-electron chi connectivity index (χ0n) is 9.60. The Bertz CT molecular complexity index is 507. The smallest absolute Gasteiger partial charge is 0.0795 e. The minimum absolute atomic E-state index is 0.941. The largest absolute Gasteiger partial charge is 0.398 e. The Morgan fingerprint density at radius 1 is 1.41 bits per heavy atom. The van der Waals surface area contributed by atoms with E-state index in [1.165, 1.54) is 16.8 Å². The van der Waals surface area contributed by atoms with Crippen LogP contribution >= 0.6 is 11.3 Å². The van der Waals surface area contributed by atoms with Crippen molar-refractivity contribution >= 4 is 17.0 Å². The zero-order valence-corrected chi connectivity index (χ0v) is 10.4. The quantitative estimate of drug-likeness (QED) is 0.825. The van der Waals surface area contributed by atoms with Crippen LogP contribution in [0.3, 0.4) is 0 Å². The number of anilines is 1. The van der Waals surface area contributed by atoms with Crippen LogP contribution in [-0.4, -0.2) is 16.4 Å². The molecule has 17 heavy (non-hydrogen) atoms. The van der Waals surface area contributed by atoms with Crippen LogP contribution in [0, 0.1) is 0 Å². The van der Waals surface area contributed by atoms with E-state index >= 15 is 0 Å². The topological polar surface area (TPSA) is 42.1 Å². The van der Waals surface area contributed by atoms with Gasteiger partial charge in [0.1, 0.15) is 0 Å². The number of nitrogens with zero attached hydrogens (tertiary/aromatic N) is 2. The Labute approximate surface area is 105 Å². The summed E-state index contributed by atoms with van der Waals surface area (Å²) >= 11 is 1.66. The number of nitrogens with two attached hydrogens (primary N) is 1. The van der Waals surface area contributed by atoms with Gasteiger partial charge in [0.2, 0.25) is 0 Å². The van der Waals surface area contributed by atoms with Crippen molar-refractivity contribution in [1.29, 1.82) is 0 Å². The molecule has 0 saturated carbocycles. The molecule has 1 aliphatic rings. The van der Waals surface area contributed by atoms with Gasteiger partial charge in [-0.2, -0.15) is 0 Å². The molecule has 1 aromatic carbocycles. The first-order valence-electron chi connectivity index (χ1n) is 5.78. The molecule has 2 heterocycles. The Hall–Kier alpha value is -1.39. The van der Waals surface area contributed by atoms with Gasteiger partial charge in [-0.3, -0.25) is 4.90 Å². The third kappa shape index (κ3) is 2.18. The number of benzene rings is 1. The second kappa shape index (κ2) is 4.47. The van der Waals surface area contributed by atoms with Crippen molar-refractivity contribution < 1.29 is 0 Å². The molecule has 0 atom stereocenters. The second-order valence-corrected chi connectivity index (χ2v) is 5.14. The maximum absolute atomic E-state index is 5.99. The summed E-state index contributed by atoms with van der Waals surface area (Å²) < 4.78 is 0. The van der Waals surface area contributed by atoms with Crippen LogP contribution in [0.2, 0.25) is 0 Å². The normalized spacial score (nSPS) is 15.8. The van der Waals surface area contributed by atoms with E-state index in [1.54, 1.807) is 11.3 Å². The van der Waals surface area contributed by atoms with E-state index < -0.39 is 0 Å². The first-order chi connectivity index (χ1) is 8.33. The van der Waals surface area contributed by atoms with E-state index in [9.17, 15) is 0 Å². The molecule has 2 aromatic rings. The van der Waals surface area contributed by atoms with Crippen LogP contribution in [0.15, 0.2) is 29.1 Å². The fraction of sp³-hybridized carbons (Fsp3) is 0.308. The van der Waals surface area contributed by atoms with Crippen molar-refractivity contribution in [2.24, 2.45) is 0 Å². The predicted octanol–water partition coefficient (Wildman–Crippen LogP) is 2.28. The lowest BCUT2D eigenvalue weighted by Gasteiger charge is -2.28. The van der Waals surface area contributed by atoms with Gasteiger partial charge in [0.25, 0.3) is 0 Å². The van der Waals surface area contributed by atoms with Gasteiger partial charge in [0.15, 0.2) is 0 Å². The highest BCUT2D eigenvalue weighted by Gasteiger charge is 2.18. The van der Waals surface area contributed by atoms with Gasteiger partial charge in [0, 0.05) is 30.7 Å². The first-order valence-corrected chi connectivity index (χ1v) is 6.73. The van der Waals surface area contributed by atoms with Crippen molar-refractivity contribution in [3.8, 4) is 0 Å². The van der Waals surface area contributed by atoms with E-state index in [2.05, 4.69) is 21.3 Å². The average Bonchev–Trinajstić information content (AvgIpc) is 2.82. The lowest BCUT2D eigenvalue weighted by molar-refractivity contribution is 0.243. The second-order valence-electron chi connectivity index (χ2n) is 4.43. The van der Waals surface area contributed by atoms with Crippen molar-refractivity contribution in [2.45, 2.75) is 19.5 Å². The highest BCUT2D eigenvalue weighted by Crippen LogP contribution is 2.24. The molecule has 2 N–H and O–H groups in total. The molecule has 4 heteroatoms. The van der Waals surface area contributed by atoms with Gasteiger partial charge < -0.3 is 5.73 Å². The average molecular weight is 245 g/mol. The summed E-state index contributed by atoms with van der Waals surface area (Å²) in [7, 11) is 0. The maximum Gasteiger partial charge on any atom is 0.0795 e. The van der Waals surface area contributed by atoms with Gasteiger partial charge in [-0.15, -0.1) is 11.3 Å².